The van der Waals surface area contributed by atoms with Crippen molar-refractivity contribution in [1.82, 2.24) is 4.98 Å². The van der Waals surface area contributed by atoms with Gasteiger partial charge in [-0.15, -0.1) is 0 Å². The Morgan fingerprint density at radius 1 is 1.21 bits per heavy atom. The van der Waals surface area contributed by atoms with Gasteiger partial charge in [0.2, 0.25) is 0 Å². The third-order valence-corrected chi connectivity index (χ3v) is 3.38. The van der Waals surface area contributed by atoms with Crippen LogP contribution in [0.15, 0.2) is 42.7 Å². The van der Waals surface area contributed by atoms with Crippen LogP contribution in [0.25, 0.3) is 11.1 Å². The molecule has 0 N–H and O–H groups in total. The molecule has 1 unspecified atom stereocenters. The monoisotopic (exact) mass is 255 g/mol. The molecule has 19 heavy (non-hydrogen) atoms. The Morgan fingerprint density at radius 2 is 2.05 bits per heavy atom. The molecule has 1 atom stereocenters. The number of benzene rings is 1. The molecule has 2 heterocycles. The number of hydrogen-bond acceptors (Lipinski definition) is 3. The number of ether oxygens (including phenoxy) is 2. The lowest BCUT2D eigenvalue weighted by Crippen LogP contribution is -2.15. The highest BCUT2D eigenvalue weighted by Gasteiger charge is 2.16. The van der Waals surface area contributed by atoms with Crippen LogP contribution in [-0.2, 0) is 4.74 Å². The zero-order chi connectivity index (χ0) is 13.1. The van der Waals surface area contributed by atoms with E-state index in [1.165, 1.54) is 16.7 Å². The molecule has 1 aliphatic rings. The van der Waals surface area contributed by atoms with Gasteiger partial charge in [0.1, 0.15) is 11.9 Å². The molecule has 1 aliphatic heterocycles. The number of hydrogen-bond donors (Lipinski definition) is 0. The van der Waals surface area contributed by atoms with Crippen molar-refractivity contribution in [3.05, 3.63) is 48.3 Å². The van der Waals surface area contributed by atoms with E-state index in [2.05, 4.69) is 24.0 Å². The van der Waals surface area contributed by atoms with Crippen LogP contribution in [0.2, 0.25) is 0 Å². The first-order valence-electron chi connectivity index (χ1n) is 6.58. The van der Waals surface area contributed by atoms with Crippen LogP contribution >= 0.6 is 0 Å². The molecule has 0 radical (unpaired) electrons. The number of pyridine rings is 1. The van der Waals surface area contributed by atoms with Gasteiger partial charge in [0.25, 0.3) is 0 Å². The van der Waals surface area contributed by atoms with Crippen LogP contribution in [0.5, 0.6) is 5.75 Å². The van der Waals surface area contributed by atoms with E-state index in [4.69, 9.17) is 9.47 Å². The largest absolute Gasteiger partial charge is 0.488 e. The smallest absolute Gasteiger partial charge is 0.124 e. The minimum Gasteiger partial charge on any atom is -0.488 e. The van der Waals surface area contributed by atoms with Gasteiger partial charge in [-0.2, -0.15) is 0 Å². The average molecular weight is 255 g/mol. The molecule has 1 aromatic heterocycles. The van der Waals surface area contributed by atoms with Gasteiger partial charge in [-0.3, -0.25) is 4.98 Å². The number of rotatable bonds is 3. The Kier molecular flexibility index (Phi) is 3.47. The Bertz CT molecular complexity index is 545. The highest BCUT2D eigenvalue weighted by molar-refractivity contribution is 5.66. The molecule has 1 aromatic carbocycles. The second-order valence-corrected chi connectivity index (χ2v) is 4.82. The van der Waals surface area contributed by atoms with Gasteiger partial charge in [-0.05, 0) is 41.8 Å². The van der Waals surface area contributed by atoms with Gasteiger partial charge in [0.15, 0.2) is 0 Å². The Labute approximate surface area is 113 Å². The normalized spacial score (nSPS) is 18.5. The predicted molar refractivity (Wildman–Crippen MR) is 74.3 cm³/mol. The summed E-state index contributed by atoms with van der Waals surface area (Å²) in [5.74, 6) is 0.908. The van der Waals surface area contributed by atoms with Crippen molar-refractivity contribution in [3.8, 4) is 16.9 Å². The molecular weight excluding hydrogens is 238 g/mol. The summed E-state index contributed by atoms with van der Waals surface area (Å²) in [4.78, 5) is 4.12. The van der Waals surface area contributed by atoms with Crippen molar-refractivity contribution in [2.24, 2.45) is 0 Å². The Hall–Kier alpha value is -1.87. The summed E-state index contributed by atoms with van der Waals surface area (Å²) in [5, 5.41) is 0. The summed E-state index contributed by atoms with van der Waals surface area (Å²) in [6, 6.07) is 10.3. The fourth-order valence-electron chi connectivity index (χ4n) is 2.31. The quantitative estimate of drug-likeness (QED) is 0.843. The summed E-state index contributed by atoms with van der Waals surface area (Å²) in [6.07, 6.45) is 4.89. The molecule has 2 aromatic rings. The minimum atomic E-state index is 0.202. The second kappa shape index (κ2) is 5.41. The molecule has 0 aliphatic carbocycles. The van der Waals surface area contributed by atoms with E-state index in [1.807, 2.05) is 30.6 Å². The van der Waals surface area contributed by atoms with Crippen molar-refractivity contribution in [1.29, 1.82) is 0 Å². The van der Waals surface area contributed by atoms with Crippen LogP contribution in [0.1, 0.15) is 12.0 Å². The molecule has 1 saturated heterocycles. The molecule has 98 valence electrons. The summed E-state index contributed by atoms with van der Waals surface area (Å²) in [5.41, 5.74) is 3.58. The maximum absolute atomic E-state index is 5.86. The molecule has 0 amide bonds. The van der Waals surface area contributed by atoms with Gasteiger partial charge >= 0.3 is 0 Å². The van der Waals surface area contributed by atoms with E-state index in [9.17, 15) is 0 Å². The van der Waals surface area contributed by atoms with Crippen molar-refractivity contribution >= 4 is 0 Å². The van der Waals surface area contributed by atoms with Gasteiger partial charge in [-0.25, -0.2) is 0 Å². The van der Waals surface area contributed by atoms with Crippen molar-refractivity contribution in [2.75, 3.05) is 13.2 Å². The fourth-order valence-corrected chi connectivity index (χ4v) is 2.31. The Balaban J connectivity index is 1.77. The fraction of sp³-hybridized carbons (Fsp3) is 0.312. The lowest BCUT2D eigenvalue weighted by molar-refractivity contribution is 0.141. The predicted octanol–water partition coefficient (Wildman–Crippen LogP) is 3.22. The maximum Gasteiger partial charge on any atom is 0.124 e. The Morgan fingerprint density at radius 3 is 2.74 bits per heavy atom. The van der Waals surface area contributed by atoms with Crippen LogP contribution in [-0.4, -0.2) is 24.3 Å². The van der Waals surface area contributed by atoms with Gasteiger partial charge < -0.3 is 9.47 Å². The summed E-state index contributed by atoms with van der Waals surface area (Å²) < 4.78 is 11.2. The average Bonchev–Trinajstić information content (AvgIpc) is 2.93. The van der Waals surface area contributed by atoms with Crippen LogP contribution in [0.3, 0.4) is 0 Å². The van der Waals surface area contributed by atoms with E-state index in [0.29, 0.717) is 6.61 Å². The SMILES string of the molecule is Cc1cnccc1-c1ccc(OC2CCOC2)cc1. The van der Waals surface area contributed by atoms with Gasteiger partial charge in [0, 0.05) is 18.8 Å². The number of aryl methyl sites for hydroxylation is 1. The first kappa shape index (κ1) is 12.2. The lowest BCUT2D eigenvalue weighted by Gasteiger charge is -2.12. The minimum absolute atomic E-state index is 0.202. The van der Waals surface area contributed by atoms with E-state index in [0.717, 1.165) is 18.8 Å². The molecule has 0 spiro atoms. The van der Waals surface area contributed by atoms with Gasteiger partial charge in [-0.1, -0.05) is 12.1 Å². The number of aromatic nitrogens is 1. The molecule has 0 bridgehead atoms. The summed E-state index contributed by atoms with van der Waals surface area (Å²) >= 11 is 0. The van der Waals surface area contributed by atoms with E-state index in [1.54, 1.807) is 0 Å². The first-order chi connectivity index (χ1) is 9.33. The van der Waals surface area contributed by atoms with Crippen molar-refractivity contribution in [2.45, 2.75) is 19.4 Å². The topological polar surface area (TPSA) is 31.4 Å². The van der Waals surface area contributed by atoms with Crippen LogP contribution < -0.4 is 4.74 Å². The highest BCUT2D eigenvalue weighted by Crippen LogP contribution is 2.25. The molecule has 3 nitrogen and oxygen atoms in total. The highest BCUT2D eigenvalue weighted by atomic mass is 16.5. The van der Waals surface area contributed by atoms with E-state index < -0.39 is 0 Å². The van der Waals surface area contributed by atoms with Crippen molar-refractivity contribution < 1.29 is 9.47 Å². The zero-order valence-corrected chi connectivity index (χ0v) is 11.0. The molecule has 0 saturated carbocycles. The molecule has 1 fully saturated rings. The third kappa shape index (κ3) is 2.76. The first-order valence-corrected chi connectivity index (χ1v) is 6.58. The molecule has 3 rings (SSSR count). The zero-order valence-electron chi connectivity index (χ0n) is 11.0. The molecular formula is C16H17NO2. The standard InChI is InChI=1S/C16H17NO2/c1-12-10-17-8-6-16(12)13-2-4-14(5-3-13)19-15-7-9-18-11-15/h2-6,8,10,15H,7,9,11H2,1H3. The number of nitrogens with zero attached hydrogens (tertiary/aromatic N) is 1. The van der Waals surface area contributed by atoms with Crippen LogP contribution in [0, 0.1) is 6.92 Å². The van der Waals surface area contributed by atoms with Crippen molar-refractivity contribution in [3.63, 3.8) is 0 Å². The third-order valence-electron chi connectivity index (χ3n) is 3.38. The van der Waals surface area contributed by atoms with Crippen LogP contribution in [0.4, 0.5) is 0 Å². The summed E-state index contributed by atoms with van der Waals surface area (Å²) in [6.45, 7) is 3.58. The van der Waals surface area contributed by atoms with Gasteiger partial charge in [0.05, 0.1) is 13.2 Å². The summed E-state index contributed by atoms with van der Waals surface area (Å²) in [7, 11) is 0. The second-order valence-electron chi connectivity index (χ2n) is 4.82. The van der Waals surface area contributed by atoms with E-state index >= 15 is 0 Å². The maximum atomic E-state index is 5.86. The lowest BCUT2D eigenvalue weighted by atomic mass is 10.0. The van der Waals surface area contributed by atoms with E-state index in [-0.39, 0.29) is 6.10 Å². The molecule has 3 heteroatoms.